The summed E-state index contributed by atoms with van der Waals surface area (Å²) in [7, 11) is 1.65. The van der Waals surface area contributed by atoms with Gasteiger partial charge in [0, 0.05) is 17.5 Å². The maximum atomic E-state index is 12.8. The van der Waals surface area contributed by atoms with E-state index in [9.17, 15) is 18.0 Å². The van der Waals surface area contributed by atoms with Crippen LogP contribution in [-0.2, 0) is 12.7 Å². The molecule has 2 heterocycles. The SMILES string of the molecule is CN(Cc1cccs1)C(=O)c1ccc(-c2cccc(C(F)(F)F)c2)o1. The van der Waals surface area contributed by atoms with Gasteiger partial charge < -0.3 is 9.32 Å². The highest BCUT2D eigenvalue weighted by atomic mass is 32.1. The zero-order valence-corrected chi connectivity index (χ0v) is 14.0. The third-order valence-electron chi connectivity index (χ3n) is 3.61. The molecule has 0 radical (unpaired) electrons. The second kappa shape index (κ2) is 6.76. The van der Waals surface area contributed by atoms with E-state index in [2.05, 4.69) is 0 Å². The molecule has 0 saturated carbocycles. The number of halogens is 3. The zero-order valence-electron chi connectivity index (χ0n) is 13.2. The fraction of sp³-hybridized carbons (Fsp3) is 0.167. The van der Waals surface area contributed by atoms with Gasteiger partial charge in [-0.2, -0.15) is 13.2 Å². The average Bonchev–Trinajstić information content (AvgIpc) is 3.25. The first-order valence-corrected chi connectivity index (χ1v) is 8.28. The number of amides is 1. The van der Waals surface area contributed by atoms with E-state index in [0.717, 1.165) is 17.0 Å². The predicted molar refractivity (Wildman–Crippen MR) is 89.3 cm³/mol. The second-order valence-electron chi connectivity index (χ2n) is 5.48. The number of hydrogen-bond acceptors (Lipinski definition) is 3. The van der Waals surface area contributed by atoms with Crippen LogP contribution in [0.15, 0.2) is 58.3 Å². The van der Waals surface area contributed by atoms with E-state index in [4.69, 9.17) is 4.42 Å². The number of alkyl halides is 3. The molecule has 0 saturated heterocycles. The number of furan rings is 1. The van der Waals surface area contributed by atoms with Gasteiger partial charge in [0.05, 0.1) is 12.1 Å². The average molecular weight is 365 g/mol. The number of rotatable bonds is 4. The molecule has 0 atom stereocenters. The van der Waals surface area contributed by atoms with Gasteiger partial charge in [0.1, 0.15) is 5.76 Å². The van der Waals surface area contributed by atoms with Gasteiger partial charge in [-0.25, -0.2) is 0 Å². The fourth-order valence-electron chi connectivity index (χ4n) is 2.35. The standard InChI is InChI=1S/C18H14F3NO2S/c1-22(11-14-6-3-9-25-14)17(23)16-8-7-15(24-16)12-4-2-5-13(10-12)18(19,20)21/h2-10H,11H2,1H3. The van der Waals surface area contributed by atoms with Gasteiger partial charge >= 0.3 is 6.18 Å². The molecule has 3 rings (SSSR count). The Balaban J connectivity index is 1.79. The first-order chi connectivity index (χ1) is 11.8. The van der Waals surface area contributed by atoms with Gasteiger partial charge in [-0.1, -0.05) is 18.2 Å². The highest BCUT2D eigenvalue weighted by Gasteiger charge is 2.30. The number of benzene rings is 1. The summed E-state index contributed by atoms with van der Waals surface area (Å²) >= 11 is 1.54. The van der Waals surface area contributed by atoms with Crippen molar-refractivity contribution < 1.29 is 22.4 Å². The fourth-order valence-corrected chi connectivity index (χ4v) is 3.11. The van der Waals surface area contributed by atoms with E-state index in [1.807, 2.05) is 17.5 Å². The van der Waals surface area contributed by atoms with Crippen molar-refractivity contribution in [3.8, 4) is 11.3 Å². The molecular formula is C18H14F3NO2S. The Morgan fingerprint density at radius 3 is 2.64 bits per heavy atom. The Morgan fingerprint density at radius 1 is 1.16 bits per heavy atom. The van der Waals surface area contributed by atoms with Crippen molar-refractivity contribution in [3.05, 3.63) is 70.1 Å². The Bertz CT molecular complexity index is 869. The smallest absolute Gasteiger partial charge is 0.416 e. The summed E-state index contributed by atoms with van der Waals surface area (Å²) in [6, 6.07) is 11.6. The van der Waals surface area contributed by atoms with Crippen LogP contribution in [0.4, 0.5) is 13.2 Å². The quantitative estimate of drug-likeness (QED) is 0.629. The number of carbonyl (C=O) groups excluding carboxylic acids is 1. The zero-order chi connectivity index (χ0) is 18.0. The Morgan fingerprint density at radius 2 is 1.96 bits per heavy atom. The molecule has 25 heavy (non-hydrogen) atoms. The van der Waals surface area contributed by atoms with Crippen LogP contribution in [0.5, 0.6) is 0 Å². The lowest BCUT2D eigenvalue weighted by atomic mass is 10.1. The Hall–Kier alpha value is -2.54. The third-order valence-corrected chi connectivity index (χ3v) is 4.47. The maximum Gasteiger partial charge on any atom is 0.416 e. The van der Waals surface area contributed by atoms with E-state index < -0.39 is 11.7 Å². The first-order valence-electron chi connectivity index (χ1n) is 7.40. The molecule has 2 aromatic heterocycles. The maximum absolute atomic E-state index is 12.8. The highest BCUT2D eigenvalue weighted by Crippen LogP contribution is 2.32. The summed E-state index contributed by atoms with van der Waals surface area (Å²) in [5.41, 5.74) is -0.487. The van der Waals surface area contributed by atoms with Crippen LogP contribution in [0, 0.1) is 0 Å². The normalized spacial score (nSPS) is 11.5. The van der Waals surface area contributed by atoms with E-state index in [0.29, 0.717) is 6.54 Å². The molecule has 0 spiro atoms. The largest absolute Gasteiger partial charge is 0.451 e. The van der Waals surface area contributed by atoms with Crippen molar-refractivity contribution >= 4 is 17.2 Å². The minimum absolute atomic E-state index is 0.0893. The first kappa shape index (κ1) is 17.3. The predicted octanol–water partition coefficient (Wildman–Crippen LogP) is 5.30. The number of hydrogen-bond donors (Lipinski definition) is 0. The minimum atomic E-state index is -4.43. The van der Waals surface area contributed by atoms with Crippen LogP contribution in [0.25, 0.3) is 11.3 Å². The molecule has 0 N–H and O–H groups in total. The molecule has 0 aliphatic rings. The summed E-state index contributed by atoms with van der Waals surface area (Å²) in [5.74, 6) is -0.0166. The molecule has 0 bridgehead atoms. The van der Waals surface area contributed by atoms with Crippen molar-refractivity contribution in [1.29, 1.82) is 0 Å². The summed E-state index contributed by atoms with van der Waals surface area (Å²) in [5, 5.41) is 1.92. The number of thiophene rings is 1. The number of nitrogens with zero attached hydrogens (tertiary/aromatic N) is 1. The highest BCUT2D eigenvalue weighted by molar-refractivity contribution is 7.09. The number of carbonyl (C=O) groups is 1. The van der Waals surface area contributed by atoms with Gasteiger partial charge in [0.25, 0.3) is 5.91 Å². The molecule has 0 fully saturated rings. The van der Waals surface area contributed by atoms with Crippen molar-refractivity contribution in [2.24, 2.45) is 0 Å². The Labute approximate surface area is 146 Å². The third kappa shape index (κ3) is 3.93. The van der Waals surface area contributed by atoms with Gasteiger partial charge in [-0.05, 0) is 35.7 Å². The van der Waals surface area contributed by atoms with E-state index in [1.165, 1.54) is 40.5 Å². The summed E-state index contributed by atoms with van der Waals surface area (Å²) in [6.45, 7) is 0.441. The summed E-state index contributed by atoms with van der Waals surface area (Å²) in [6.07, 6.45) is -4.43. The van der Waals surface area contributed by atoms with Crippen molar-refractivity contribution in [2.45, 2.75) is 12.7 Å². The lowest BCUT2D eigenvalue weighted by Gasteiger charge is -2.14. The minimum Gasteiger partial charge on any atom is -0.451 e. The molecule has 0 unspecified atom stereocenters. The molecule has 3 nitrogen and oxygen atoms in total. The van der Waals surface area contributed by atoms with Crippen LogP contribution >= 0.6 is 11.3 Å². The van der Waals surface area contributed by atoms with Crippen molar-refractivity contribution in [3.63, 3.8) is 0 Å². The molecule has 1 amide bonds. The van der Waals surface area contributed by atoms with E-state index in [1.54, 1.807) is 7.05 Å². The van der Waals surface area contributed by atoms with Gasteiger partial charge in [-0.3, -0.25) is 4.79 Å². The van der Waals surface area contributed by atoms with E-state index in [-0.39, 0.29) is 23.0 Å². The summed E-state index contributed by atoms with van der Waals surface area (Å²) in [4.78, 5) is 14.9. The van der Waals surface area contributed by atoms with Crippen LogP contribution in [0.1, 0.15) is 21.0 Å². The molecule has 3 aromatic rings. The lowest BCUT2D eigenvalue weighted by molar-refractivity contribution is -0.137. The molecule has 0 aliphatic carbocycles. The van der Waals surface area contributed by atoms with Crippen molar-refractivity contribution in [1.82, 2.24) is 4.90 Å². The molecule has 7 heteroatoms. The van der Waals surface area contributed by atoms with Crippen LogP contribution in [0.2, 0.25) is 0 Å². The van der Waals surface area contributed by atoms with Gasteiger partial charge in [0.2, 0.25) is 0 Å². The van der Waals surface area contributed by atoms with Crippen LogP contribution in [-0.4, -0.2) is 17.9 Å². The van der Waals surface area contributed by atoms with Crippen LogP contribution in [0.3, 0.4) is 0 Å². The molecule has 0 aliphatic heterocycles. The van der Waals surface area contributed by atoms with Crippen LogP contribution < -0.4 is 0 Å². The lowest BCUT2D eigenvalue weighted by Crippen LogP contribution is -2.25. The topological polar surface area (TPSA) is 33.5 Å². The summed E-state index contributed by atoms with van der Waals surface area (Å²) < 4.78 is 43.9. The van der Waals surface area contributed by atoms with Gasteiger partial charge in [-0.15, -0.1) is 11.3 Å². The molecule has 1 aromatic carbocycles. The van der Waals surface area contributed by atoms with Crippen molar-refractivity contribution in [2.75, 3.05) is 7.05 Å². The Kier molecular flexibility index (Phi) is 4.67. The van der Waals surface area contributed by atoms with Gasteiger partial charge in [0.15, 0.2) is 5.76 Å². The van der Waals surface area contributed by atoms with E-state index >= 15 is 0 Å². The second-order valence-corrected chi connectivity index (χ2v) is 6.52. The molecule has 130 valence electrons. The molecular weight excluding hydrogens is 351 g/mol. The monoisotopic (exact) mass is 365 g/mol.